The summed E-state index contributed by atoms with van der Waals surface area (Å²) in [5.74, 6) is 6.72. The predicted octanol–water partition coefficient (Wildman–Crippen LogP) is 1.63. The molecule has 0 aliphatic rings. The summed E-state index contributed by atoms with van der Waals surface area (Å²) in [6.07, 6.45) is 8.60. The molecule has 0 radical (unpaired) electrons. The summed E-state index contributed by atoms with van der Waals surface area (Å²) in [6, 6.07) is 0. The number of hydrazine groups is 1. The van der Waals surface area contributed by atoms with E-state index in [-0.39, 0.29) is 0 Å². The highest BCUT2D eigenvalue weighted by Gasteiger charge is 2.06. The van der Waals surface area contributed by atoms with Crippen LogP contribution in [-0.2, 0) is 4.74 Å². The van der Waals surface area contributed by atoms with Crippen molar-refractivity contribution in [2.24, 2.45) is 5.84 Å². The number of nitrogens with one attached hydrogen (secondary N) is 2. The third-order valence-corrected chi connectivity index (χ3v) is 2.92. The zero-order valence-electron chi connectivity index (χ0n) is 11.8. The third kappa shape index (κ3) is 3.82. The minimum absolute atomic E-state index is 0.595. The number of hydrogen-bond donors (Lipinski definition) is 3. The number of anilines is 2. The van der Waals surface area contributed by atoms with Crippen molar-refractivity contribution in [3.63, 3.8) is 0 Å². The normalized spacial score (nSPS) is 10.9. The maximum absolute atomic E-state index is 5.52. The number of ether oxygens (including phenoxy) is 1. The van der Waals surface area contributed by atoms with Gasteiger partial charge in [0, 0.05) is 32.2 Å². The highest BCUT2D eigenvalue weighted by molar-refractivity contribution is 5.65. The average molecular weight is 278 g/mol. The lowest BCUT2D eigenvalue weighted by molar-refractivity contribution is 0.131. The van der Waals surface area contributed by atoms with Crippen molar-refractivity contribution in [1.29, 1.82) is 0 Å². The van der Waals surface area contributed by atoms with Gasteiger partial charge in [-0.05, 0) is 12.8 Å². The van der Waals surface area contributed by atoms with Crippen molar-refractivity contribution >= 4 is 17.3 Å². The van der Waals surface area contributed by atoms with Crippen LogP contribution in [0.5, 0.6) is 0 Å². The SMILES string of the molecule is CCCCOCCCNc1nc(NN)cn2ccnc12. The maximum atomic E-state index is 5.52. The molecule has 7 nitrogen and oxygen atoms in total. The molecular weight excluding hydrogens is 256 g/mol. The van der Waals surface area contributed by atoms with Crippen LogP contribution in [0.1, 0.15) is 26.2 Å². The molecule has 0 bridgehead atoms. The van der Waals surface area contributed by atoms with E-state index in [0.29, 0.717) is 5.82 Å². The van der Waals surface area contributed by atoms with Gasteiger partial charge in [0.25, 0.3) is 0 Å². The average Bonchev–Trinajstić information content (AvgIpc) is 2.94. The molecule has 0 saturated heterocycles. The number of fused-ring (bicyclic) bond motifs is 1. The molecule has 110 valence electrons. The minimum atomic E-state index is 0.595. The fourth-order valence-corrected chi connectivity index (χ4v) is 1.85. The van der Waals surface area contributed by atoms with Crippen LogP contribution in [0.3, 0.4) is 0 Å². The van der Waals surface area contributed by atoms with E-state index in [0.717, 1.165) is 44.1 Å². The summed E-state index contributed by atoms with van der Waals surface area (Å²) >= 11 is 0. The number of imidazole rings is 1. The monoisotopic (exact) mass is 278 g/mol. The first-order valence-electron chi connectivity index (χ1n) is 6.97. The molecule has 0 aromatic carbocycles. The van der Waals surface area contributed by atoms with Crippen LogP contribution in [0.4, 0.5) is 11.6 Å². The van der Waals surface area contributed by atoms with Crippen molar-refractivity contribution in [3.8, 4) is 0 Å². The molecule has 2 aromatic heterocycles. The molecule has 4 N–H and O–H groups in total. The van der Waals surface area contributed by atoms with Gasteiger partial charge < -0.3 is 19.9 Å². The molecule has 0 spiro atoms. The van der Waals surface area contributed by atoms with Crippen molar-refractivity contribution in [2.45, 2.75) is 26.2 Å². The number of hydrogen-bond acceptors (Lipinski definition) is 6. The standard InChI is InChI=1S/C13H22N6O/c1-2-3-8-20-9-4-5-15-12-13-16-6-7-19(13)10-11(17-12)18-14/h6-7,10,18H,2-5,8-9,14H2,1H3,(H,15,17). The Kier molecular flexibility index (Phi) is 5.57. The van der Waals surface area contributed by atoms with E-state index in [9.17, 15) is 0 Å². The lowest BCUT2D eigenvalue weighted by atomic mass is 10.3. The summed E-state index contributed by atoms with van der Waals surface area (Å²) < 4.78 is 7.39. The number of nitrogens with two attached hydrogens (primary N) is 1. The van der Waals surface area contributed by atoms with Crippen LogP contribution in [0.2, 0.25) is 0 Å². The topological polar surface area (TPSA) is 89.5 Å². The van der Waals surface area contributed by atoms with Gasteiger partial charge in [0.2, 0.25) is 0 Å². The molecule has 0 aliphatic carbocycles. The number of nitrogen functional groups attached to an aromatic ring is 1. The number of nitrogens with zero attached hydrogens (tertiary/aromatic N) is 3. The fraction of sp³-hybridized carbons (Fsp3) is 0.538. The van der Waals surface area contributed by atoms with Crippen LogP contribution in [0.15, 0.2) is 18.6 Å². The summed E-state index contributed by atoms with van der Waals surface area (Å²) in [5, 5.41) is 3.27. The molecule has 0 atom stereocenters. The zero-order valence-corrected chi connectivity index (χ0v) is 11.8. The maximum Gasteiger partial charge on any atom is 0.180 e. The summed E-state index contributed by atoms with van der Waals surface area (Å²) in [5.41, 5.74) is 3.34. The molecule has 2 rings (SSSR count). The highest BCUT2D eigenvalue weighted by Crippen LogP contribution is 2.15. The van der Waals surface area contributed by atoms with Gasteiger partial charge in [0.1, 0.15) is 0 Å². The Morgan fingerprint density at radius 2 is 2.20 bits per heavy atom. The molecule has 0 aliphatic heterocycles. The third-order valence-electron chi connectivity index (χ3n) is 2.92. The number of aromatic nitrogens is 3. The molecule has 0 saturated carbocycles. The van der Waals surface area contributed by atoms with E-state index in [1.807, 2.05) is 10.6 Å². The first-order chi connectivity index (χ1) is 9.85. The van der Waals surface area contributed by atoms with Crippen LogP contribution in [0, 0.1) is 0 Å². The minimum Gasteiger partial charge on any atom is -0.381 e. The molecule has 0 fully saturated rings. The van der Waals surface area contributed by atoms with Crippen LogP contribution in [0.25, 0.3) is 5.65 Å². The van der Waals surface area contributed by atoms with Crippen molar-refractivity contribution in [1.82, 2.24) is 14.4 Å². The van der Waals surface area contributed by atoms with Crippen molar-refractivity contribution in [2.75, 3.05) is 30.5 Å². The second kappa shape index (κ2) is 7.66. The first-order valence-corrected chi connectivity index (χ1v) is 6.97. The molecule has 7 heteroatoms. The van der Waals surface area contributed by atoms with Gasteiger partial charge >= 0.3 is 0 Å². The van der Waals surface area contributed by atoms with Gasteiger partial charge in [-0.25, -0.2) is 15.8 Å². The Balaban J connectivity index is 1.84. The van der Waals surface area contributed by atoms with E-state index >= 15 is 0 Å². The summed E-state index contributed by atoms with van der Waals surface area (Å²) in [4.78, 5) is 8.64. The molecule has 0 unspecified atom stereocenters. The van der Waals surface area contributed by atoms with E-state index in [4.69, 9.17) is 10.6 Å². The Bertz CT molecular complexity index is 527. The van der Waals surface area contributed by atoms with Crippen LogP contribution in [-0.4, -0.2) is 34.1 Å². The van der Waals surface area contributed by atoms with Crippen LogP contribution >= 0.6 is 0 Å². The highest BCUT2D eigenvalue weighted by atomic mass is 16.5. The van der Waals surface area contributed by atoms with Gasteiger partial charge in [0.05, 0.1) is 6.20 Å². The Hall–Kier alpha value is -1.86. The predicted molar refractivity (Wildman–Crippen MR) is 79.6 cm³/mol. The first kappa shape index (κ1) is 14.5. The van der Waals surface area contributed by atoms with Gasteiger partial charge in [-0.3, -0.25) is 0 Å². The van der Waals surface area contributed by atoms with E-state index in [1.54, 1.807) is 12.4 Å². The van der Waals surface area contributed by atoms with E-state index in [2.05, 4.69) is 27.6 Å². The lowest BCUT2D eigenvalue weighted by Crippen LogP contribution is -2.13. The molecular formula is C13H22N6O. The molecule has 0 amide bonds. The van der Waals surface area contributed by atoms with E-state index < -0.39 is 0 Å². The Morgan fingerprint density at radius 3 is 3.00 bits per heavy atom. The summed E-state index contributed by atoms with van der Waals surface area (Å²) in [7, 11) is 0. The Morgan fingerprint density at radius 1 is 1.35 bits per heavy atom. The smallest absolute Gasteiger partial charge is 0.180 e. The second-order valence-corrected chi connectivity index (χ2v) is 4.52. The molecule has 2 aromatic rings. The van der Waals surface area contributed by atoms with Crippen molar-refractivity contribution < 1.29 is 4.74 Å². The molecule has 2 heterocycles. The van der Waals surface area contributed by atoms with Crippen molar-refractivity contribution in [3.05, 3.63) is 18.6 Å². The largest absolute Gasteiger partial charge is 0.381 e. The quantitative estimate of drug-likeness (QED) is 0.367. The number of unbranched alkanes of at least 4 members (excludes halogenated alkanes) is 1. The lowest BCUT2D eigenvalue weighted by Gasteiger charge is -2.09. The molecule has 20 heavy (non-hydrogen) atoms. The van der Waals surface area contributed by atoms with Gasteiger partial charge in [0.15, 0.2) is 17.3 Å². The summed E-state index contributed by atoms with van der Waals surface area (Å²) in [6.45, 7) is 4.54. The van der Waals surface area contributed by atoms with Gasteiger partial charge in [-0.15, -0.1) is 0 Å². The van der Waals surface area contributed by atoms with E-state index in [1.165, 1.54) is 6.42 Å². The fourth-order valence-electron chi connectivity index (χ4n) is 1.85. The second-order valence-electron chi connectivity index (χ2n) is 4.52. The van der Waals surface area contributed by atoms with Gasteiger partial charge in [-0.2, -0.15) is 0 Å². The van der Waals surface area contributed by atoms with Gasteiger partial charge in [-0.1, -0.05) is 13.3 Å². The zero-order chi connectivity index (χ0) is 14.2. The number of rotatable bonds is 9. The van der Waals surface area contributed by atoms with Crippen LogP contribution < -0.4 is 16.6 Å². The Labute approximate surface area is 118 Å².